The van der Waals surface area contributed by atoms with E-state index in [2.05, 4.69) is 5.32 Å². The molecule has 1 N–H and O–H groups in total. The summed E-state index contributed by atoms with van der Waals surface area (Å²) in [6, 6.07) is 7.72. The van der Waals surface area contributed by atoms with E-state index in [-0.39, 0.29) is 30.3 Å². The number of rotatable bonds is 5. The molecule has 1 unspecified atom stereocenters. The van der Waals surface area contributed by atoms with Gasteiger partial charge in [-0.15, -0.1) is 0 Å². The van der Waals surface area contributed by atoms with E-state index >= 15 is 0 Å². The number of anilines is 1. The molecule has 33 heavy (non-hydrogen) atoms. The van der Waals surface area contributed by atoms with Crippen LogP contribution in [-0.4, -0.2) is 30.7 Å². The summed E-state index contributed by atoms with van der Waals surface area (Å²) >= 11 is 0. The van der Waals surface area contributed by atoms with Crippen molar-refractivity contribution in [3.8, 4) is 11.5 Å². The number of fused-ring (bicyclic) bond motifs is 1. The molecule has 0 spiro atoms. The summed E-state index contributed by atoms with van der Waals surface area (Å²) in [6.07, 6.45) is -3.81. The maximum absolute atomic E-state index is 12.9. The highest BCUT2D eigenvalue weighted by Gasteiger charge is 2.35. The summed E-state index contributed by atoms with van der Waals surface area (Å²) in [5, 5.41) is 14.4. The molecule has 0 aromatic heterocycles. The van der Waals surface area contributed by atoms with Gasteiger partial charge in [-0.1, -0.05) is 6.07 Å². The summed E-state index contributed by atoms with van der Waals surface area (Å²) in [5.74, 6) is 0.843. The van der Waals surface area contributed by atoms with Crippen molar-refractivity contribution in [2.45, 2.75) is 32.0 Å². The lowest BCUT2D eigenvalue weighted by atomic mass is 9.94. The maximum atomic E-state index is 12.9. The van der Waals surface area contributed by atoms with Crippen molar-refractivity contribution in [1.29, 1.82) is 0 Å². The van der Waals surface area contributed by atoms with Gasteiger partial charge in [0.05, 0.1) is 16.5 Å². The first-order valence-electron chi connectivity index (χ1n) is 10.4. The Bertz CT molecular complexity index is 1070. The lowest BCUT2D eigenvalue weighted by Gasteiger charge is -2.33. The van der Waals surface area contributed by atoms with Crippen molar-refractivity contribution >= 4 is 17.3 Å². The third kappa shape index (κ3) is 4.81. The van der Waals surface area contributed by atoms with Gasteiger partial charge in [0.1, 0.15) is 5.69 Å². The Labute approximate surface area is 187 Å². The van der Waals surface area contributed by atoms with Crippen LogP contribution in [0.1, 0.15) is 36.9 Å². The molecule has 0 bridgehead atoms. The molecular weight excluding hydrogens is 443 g/mol. The molecule has 11 heteroatoms. The van der Waals surface area contributed by atoms with E-state index in [1.165, 1.54) is 0 Å². The molecule has 1 amide bonds. The Hall–Kier alpha value is -3.50. The number of nitrogens with one attached hydrogen (secondary N) is 1. The number of carbonyl (C=O) groups is 1. The lowest BCUT2D eigenvalue weighted by molar-refractivity contribution is -0.384. The van der Waals surface area contributed by atoms with Gasteiger partial charge in [0.2, 0.25) is 12.7 Å². The van der Waals surface area contributed by atoms with Gasteiger partial charge in [-0.25, -0.2) is 0 Å². The topological polar surface area (TPSA) is 93.9 Å². The van der Waals surface area contributed by atoms with Crippen molar-refractivity contribution in [2.75, 3.05) is 24.8 Å². The van der Waals surface area contributed by atoms with Gasteiger partial charge in [0.15, 0.2) is 11.5 Å². The van der Waals surface area contributed by atoms with Crippen LogP contribution in [0.25, 0.3) is 0 Å². The Kier molecular flexibility index (Phi) is 6.05. The van der Waals surface area contributed by atoms with Crippen molar-refractivity contribution in [3.63, 3.8) is 0 Å². The average Bonchev–Trinajstić information content (AvgIpc) is 3.26. The molecule has 0 aliphatic carbocycles. The first-order chi connectivity index (χ1) is 15.6. The molecule has 0 saturated carbocycles. The van der Waals surface area contributed by atoms with Gasteiger partial charge in [-0.05, 0) is 49.6 Å². The number of carbonyl (C=O) groups excluding carboxylic acids is 1. The number of amides is 1. The molecule has 1 saturated heterocycles. The number of piperidine rings is 1. The van der Waals surface area contributed by atoms with Crippen LogP contribution in [0.4, 0.5) is 24.5 Å². The summed E-state index contributed by atoms with van der Waals surface area (Å²) in [5.41, 5.74) is -0.667. The van der Waals surface area contributed by atoms with Crippen LogP contribution in [0.2, 0.25) is 0 Å². The van der Waals surface area contributed by atoms with Crippen LogP contribution >= 0.6 is 0 Å². The van der Waals surface area contributed by atoms with Crippen LogP contribution in [-0.2, 0) is 11.0 Å². The average molecular weight is 465 g/mol. The minimum Gasteiger partial charge on any atom is -0.454 e. The van der Waals surface area contributed by atoms with E-state index in [0.29, 0.717) is 43.5 Å². The summed E-state index contributed by atoms with van der Waals surface area (Å²) in [7, 11) is 0. The number of benzene rings is 2. The number of ether oxygens (including phenoxy) is 2. The van der Waals surface area contributed by atoms with Crippen molar-refractivity contribution in [3.05, 3.63) is 57.6 Å². The lowest BCUT2D eigenvalue weighted by Crippen LogP contribution is -2.41. The molecule has 2 aliphatic heterocycles. The third-order valence-corrected chi connectivity index (χ3v) is 5.96. The molecular formula is C22H22F3N3O5. The van der Waals surface area contributed by atoms with Gasteiger partial charge in [0, 0.05) is 25.1 Å². The van der Waals surface area contributed by atoms with E-state index in [1.807, 2.05) is 19.1 Å². The molecule has 2 aliphatic rings. The van der Waals surface area contributed by atoms with E-state index in [4.69, 9.17) is 9.47 Å². The van der Waals surface area contributed by atoms with Gasteiger partial charge in [-0.2, -0.15) is 13.2 Å². The second kappa shape index (κ2) is 8.80. The molecule has 0 radical (unpaired) electrons. The maximum Gasteiger partial charge on any atom is 0.416 e. The second-order valence-electron chi connectivity index (χ2n) is 8.06. The van der Waals surface area contributed by atoms with Gasteiger partial charge >= 0.3 is 6.18 Å². The molecule has 2 aromatic rings. The Morgan fingerprint density at radius 2 is 1.85 bits per heavy atom. The molecule has 2 aromatic carbocycles. The zero-order valence-corrected chi connectivity index (χ0v) is 17.7. The smallest absolute Gasteiger partial charge is 0.416 e. The zero-order chi connectivity index (χ0) is 23.8. The van der Waals surface area contributed by atoms with Crippen LogP contribution < -0.4 is 19.7 Å². The highest BCUT2D eigenvalue weighted by Crippen LogP contribution is 2.38. The summed E-state index contributed by atoms with van der Waals surface area (Å²) in [4.78, 5) is 25.0. The third-order valence-electron chi connectivity index (χ3n) is 5.96. The number of halogens is 3. The Balaban J connectivity index is 1.38. The van der Waals surface area contributed by atoms with Gasteiger partial charge in [0.25, 0.3) is 5.69 Å². The largest absolute Gasteiger partial charge is 0.454 e. The van der Waals surface area contributed by atoms with E-state index in [0.717, 1.165) is 17.7 Å². The first kappa shape index (κ1) is 22.7. The quantitative estimate of drug-likeness (QED) is 0.519. The highest BCUT2D eigenvalue weighted by molar-refractivity contribution is 5.79. The van der Waals surface area contributed by atoms with Crippen molar-refractivity contribution in [1.82, 2.24) is 5.32 Å². The van der Waals surface area contributed by atoms with Crippen LogP contribution in [0, 0.1) is 16.0 Å². The number of nitro groups is 1. The zero-order valence-electron chi connectivity index (χ0n) is 17.7. The van der Waals surface area contributed by atoms with Crippen LogP contribution in [0.3, 0.4) is 0 Å². The minimum atomic E-state index is -4.66. The van der Waals surface area contributed by atoms with Gasteiger partial charge < -0.3 is 19.7 Å². The van der Waals surface area contributed by atoms with E-state index < -0.39 is 22.4 Å². The predicted molar refractivity (Wildman–Crippen MR) is 112 cm³/mol. The Morgan fingerprint density at radius 1 is 1.15 bits per heavy atom. The molecule has 1 fully saturated rings. The van der Waals surface area contributed by atoms with Crippen molar-refractivity contribution < 1.29 is 32.4 Å². The number of alkyl halides is 3. The van der Waals surface area contributed by atoms with E-state index in [1.54, 1.807) is 11.0 Å². The second-order valence-corrected chi connectivity index (χ2v) is 8.06. The fourth-order valence-electron chi connectivity index (χ4n) is 4.09. The predicted octanol–water partition coefficient (Wildman–Crippen LogP) is 4.44. The summed E-state index contributed by atoms with van der Waals surface area (Å²) in [6.45, 7) is 2.66. The number of nitro benzene ring substituents is 1. The van der Waals surface area contributed by atoms with Crippen LogP contribution in [0.15, 0.2) is 36.4 Å². The molecule has 8 nitrogen and oxygen atoms in total. The van der Waals surface area contributed by atoms with Gasteiger partial charge in [-0.3, -0.25) is 14.9 Å². The normalized spacial score (nSPS) is 17.0. The van der Waals surface area contributed by atoms with Crippen LogP contribution in [0.5, 0.6) is 11.5 Å². The highest BCUT2D eigenvalue weighted by atomic mass is 19.4. The molecule has 176 valence electrons. The number of hydrogen-bond donors (Lipinski definition) is 1. The molecule has 2 heterocycles. The minimum absolute atomic E-state index is 0.126. The SMILES string of the molecule is CC(NC(=O)C1CCN(c2ccc(C(F)(F)F)cc2[N+](=O)[O-])CC1)c1ccc2c(c1)OCO2. The summed E-state index contributed by atoms with van der Waals surface area (Å²) < 4.78 is 49.5. The molecule has 1 atom stereocenters. The van der Waals surface area contributed by atoms with E-state index in [9.17, 15) is 28.1 Å². The number of hydrogen-bond acceptors (Lipinski definition) is 6. The van der Waals surface area contributed by atoms with Crippen molar-refractivity contribution in [2.24, 2.45) is 5.92 Å². The molecule has 4 rings (SSSR count). The monoisotopic (exact) mass is 465 g/mol. The number of nitrogens with zero attached hydrogens (tertiary/aromatic N) is 2. The fraction of sp³-hybridized carbons (Fsp3) is 0.409. The Morgan fingerprint density at radius 3 is 2.52 bits per heavy atom. The fourth-order valence-corrected chi connectivity index (χ4v) is 4.09. The first-order valence-corrected chi connectivity index (χ1v) is 10.4. The standard InChI is InChI=1S/C22H22F3N3O5/c1-13(15-2-5-19-20(10-15)33-12-32-19)26-21(29)14-6-8-27(9-7-14)17-4-3-16(22(23,24)25)11-18(17)28(30)31/h2-5,10-11,13-14H,6-9,12H2,1H3,(H,26,29).